The van der Waals surface area contributed by atoms with E-state index in [1.54, 1.807) is 7.11 Å². The first-order valence-electron chi connectivity index (χ1n) is 3.72. The lowest BCUT2D eigenvalue weighted by Crippen LogP contribution is -2.30. The van der Waals surface area contributed by atoms with Crippen molar-refractivity contribution in [2.75, 3.05) is 20.2 Å². The van der Waals surface area contributed by atoms with E-state index < -0.39 is 0 Å². The van der Waals surface area contributed by atoms with Gasteiger partial charge in [-0.2, -0.15) is 0 Å². The van der Waals surface area contributed by atoms with E-state index >= 15 is 0 Å². The fraction of sp³-hybridized carbons (Fsp3) is 1.00. The zero-order valence-electron chi connectivity index (χ0n) is 6.58. The van der Waals surface area contributed by atoms with Crippen molar-refractivity contribution < 1.29 is 9.84 Å². The van der Waals surface area contributed by atoms with Gasteiger partial charge in [0, 0.05) is 20.1 Å². The summed E-state index contributed by atoms with van der Waals surface area (Å²) in [5, 5.41) is 9.21. The topological polar surface area (TPSA) is 32.7 Å². The fourth-order valence-electron chi connectivity index (χ4n) is 1.42. The van der Waals surface area contributed by atoms with Crippen LogP contribution in [0.2, 0.25) is 0 Å². The van der Waals surface area contributed by atoms with Crippen LogP contribution in [0.4, 0.5) is 0 Å². The number of rotatable bonds is 2. The van der Waals surface area contributed by atoms with E-state index in [9.17, 15) is 5.11 Å². The molecule has 1 N–H and O–H groups in total. The van der Waals surface area contributed by atoms with Crippen molar-refractivity contribution in [3.8, 4) is 0 Å². The highest BCUT2D eigenvalue weighted by Gasteiger charge is 2.28. The van der Waals surface area contributed by atoms with Crippen LogP contribution in [0.3, 0.4) is 0 Å². The van der Waals surface area contributed by atoms with Crippen molar-refractivity contribution in [1.82, 2.24) is 4.90 Å². The Hall–Kier alpha value is -0.120. The molecule has 1 fully saturated rings. The number of nitrogens with zero attached hydrogens (tertiary/aromatic N) is 1. The van der Waals surface area contributed by atoms with Crippen LogP contribution in [-0.2, 0) is 4.74 Å². The van der Waals surface area contributed by atoms with Crippen LogP contribution in [-0.4, -0.2) is 42.5 Å². The summed E-state index contributed by atoms with van der Waals surface area (Å²) in [5.74, 6) is 0. The molecule has 1 rings (SSSR count). The average molecular weight is 145 g/mol. The van der Waals surface area contributed by atoms with Crippen LogP contribution in [0.25, 0.3) is 0 Å². The van der Waals surface area contributed by atoms with Gasteiger partial charge >= 0.3 is 0 Å². The second kappa shape index (κ2) is 3.32. The largest absolute Gasteiger partial charge is 0.392 e. The standard InChI is InChI=1S/C7H15NO2/c1-3-8-5-6(9)4-7(8)10-2/h6-7,9H,3-5H2,1-2H3. The summed E-state index contributed by atoms with van der Waals surface area (Å²) in [7, 11) is 1.69. The zero-order valence-corrected chi connectivity index (χ0v) is 6.58. The molecule has 0 saturated carbocycles. The molecular weight excluding hydrogens is 130 g/mol. The van der Waals surface area contributed by atoms with Crippen LogP contribution >= 0.6 is 0 Å². The van der Waals surface area contributed by atoms with Crippen molar-refractivity contribution >= 4 is 0 Å². The Labute approximate surface area is 61.6 Å². The summed E-state index contributed by atoms with van der Waals surface area (Å²) in [5.41, 5.74) is 0. The predicted molar refractivity (Wildman–Crippen MR) is 38.7 cm³/mol. The lowest BCUT2D eigenvalue weighted by molar-refractivity contribution is -0.00132. The minimum atomic E-state index is -0.190. The molecule has 1 aliphatic rings. The Morgan fingerprint density at radius 1 is 1.70 bits per heavy atom. The van der Waals surface area contributed by atoms with E-state index in [1.807, 2.05) is 0 Å². The minimum Gasteiger partial charge on any atom is -0.392 e. The first kappa shape index (κ1) is 7.98. The van der Waals surface area contributed by atoms with E-state index in [2.05, 4.69) is 11.8 Å². The molecule has 1 aliphatic heterocycles. The SMILES string of the molecule is CCN1CC(O)CC1OC. The van der Waals surface area contributed by atoms with Gasteiger partial charge in [0.25, 0.3) is 0 Å². The molecule has 2 unspecified atom stereocenters. The molecule has 3 nitrogen and oxygen atoms in total. The third-order valence-electron chi connectivity index (χ3n) is 2.00. The number of likely N-dealkylation sites (tertiary alicyclic amines) is 1. The maximum absolute atomic E-state index is 9.21. The van der Waals surface area contributed by atoms with Gasteiger partial charge in [0.2, 0.25) is 0 Å². The number of likely N-dealkylation sites (N-methyl/N-ethyl adjacent to an activating group) is 1. The second-order valence-corrected chi connectivity index (χ2v) is 2.67. The van der Waals surface area contributed by atoms with E-state index in [1.165, 1.54) is 0 Å². The Balaban J connectivity index is 2.41. The molecular formula is C7H15NO2. The number of β-amino-alcohol motifs (C(OH)–C–C–N with tert-alkyl or cyclic N) is 1. The first-order valence-corrected chi connectivity index (χ1v) is 3.72. The molecule has 0 aromatic rings. The molecule has 10 heavy (non-hydrogen) atoms. The summed E-state index contributed by atoms with van der Waals surface area (Å²) in [6.07, 6.45) is 0.703. The lowest BCUT2D eigenvalue weighted by Gasteiger charge is -2.19. The van der Waals surface area contributed by atoms with Gasteiger partial charge in [0.15, 0.2) is 0 Å². The monoisotopic (exact) mass is 145 g/mol. The number of aliphatic hydroxyl groups excluding tert-OH is 1. The number of methoxy groups -OCH3 is 1. The Morgan fingerprint density at radius 3 is 2.80 bits per heavy atom. The quantitative estimate of drug-likeness (QED) is 0.595. The molecule has 0 aromatic carbocycles. The number of hydrogen-bond donors (Lipinski definition) is 1. The first-order chi connectivity index (χ1) is 4.77. The van der Waals surface area contributed by atoms with Crippen molar-refractivity contribution in [3.05, 3.63) is 0 Å². The summed E-state index contributed by atoms with van der Waals surface area (Å²) < 4.78 is 5.15. The van der Waals surface area contributed by atoms with Crippen LogP contribution in [0.1, 0.15) is 13.3 Å². The van der Waals surface area contributed by atoms with Gasteiger partial charge in [-0.3, -0.25) is 4.90 Å². The van der Waals surface area contributed by atoms with Gasteiger partial charge < -0.3 is 9.84 Å². The van der Waals surface area contributed by atoms with Gasteiger partial charge in [0.1, 0.15) is 6.23 Å². The molecule has 0 radical (unpaired) electrons. The summed E-state index contributed by atoms with van der Waals surface area (Å²) in [6, 6.07) is 0. The maximum atomic E-state index is 9.21. The van der Waals surface area contributed by atoms with Gasteiger partial charge in [-0.25, -0.2) is 0 Å². The Bertz CT molecular complexity index is 95.8. The molecule has 1 saturated heterocycles. The third kappa shape index (κ3) is 1.48. The summed E-state index contributed by atoms with van der Waals surface area (Å²) >= 11 is 0. The number of aliphatic hydroxyl groups is 1. The molecule has 0 bridgehead atoms. The van der Waals surface area contributed by atoms with Crippen LogP contribution < -0.4 is 0 Å². The van der Waals surface area contributed by atoms with Crippen molar-refractivity contribution in [2.24, 2.45) is 0 Å². The summed E-state index contributed by atoms with van der Waals surface area (Å²) in [6.45, 7) is 3.79. The van der Waals surface area contributed by atoms with Crippen LogP contribution in [0.5, 0.6) is 0 Å². The van der Waals surface area contributed by atoms with E-state index in [0.29, 0.717) is 0 Å². The smallest absolute Gasteiger partial charge is 0.112 e. The molecule has 2 atom stereocenters. The van der Waals surface area contributed by atoms with Gasteiger partial charge in [-0.05, 0) is 6.54 Å². The van der Waals surface area contributed by atoms with E-state index in [-0.39, 0.29) is 12.3 Å². The van der Waals surface area contributed by atoms with Crippen molar-refractivity contribution in [3.63, 3.8) is 0 Å². The van der Waals surface area contributed by atoms with Crippen molar-refractivity contribution in [2.45, 2.75) is 25.7 Å². The van der Waals surface area contributed by atoms with Gasteiger partial charge in [-0.15, -0.1) is 0 Å². The number of ether oxygens (including phenoxy) is 1. The molecule has 3 heteroatoms. The van der Waals surface area contributed by atoms with Crippen molar-refractivity contribution in [1.29, 1.82) is 0 Å². The Kier molecular flexibility index (Phi) is 2.65. The van der Waals surface area contributed by atoms with Crippen LogP contribution in [0, 0.1) is 0 Å². The second-order valence-electron chi connectivity index (χ2n) is 2.67. The van der Waals surface area contributed by atoms with E-state index in [0.717, 1.165) is 19.5 Å². The maximum Gasteiger partial charge on any atom is 0.112 e. The van der Waals surface area contributed by atoms with Gasteiger partial charge in [0.05, 0.1) is 6.10 Å². The molecule has 60 valence electrons. The molecule has 0 amide bonds. The highest BCUT2D eigenvalue weighted by molar-refractivity contribution is 4.77. The van der Waals surface area contributed by atoms with Gasteiger partial charge in [-0.1, -0.05) is 6.92 Å². The minimum absolute atomic E-state index is 0.139. The molecule has 0 spiro atoms. The molecule has 0 aliphatic carbocycles. The third-order valence-corrected chi connectivity index (χ3v) is 2.00. The molecule has 0 aromatic heterocycles. The normalized spacial score (nSPS) is 35.1. The fourth-order valence-corrected chi connectivity index (χ4v) is 1.42. The Morgan fingerprint density at radius 2 is 2.40 bits per heavy atom. The van der Waals surface area contributed by atoms with Crippen LogP contribution in [0.15, 0.2) is 0 Å². The summed E-state index contributed by atoms with van der Waals surface area (Å²) in [4.78, 5) is 2.13. The average Bonchev–Trinajstić information content (AvgIpc) is 2.30. The zero-order chi connectivity index (χ0) is 7.56. The highest BCUT2D eigenvalue weighted by atomic mass is 16.5. The highest BCUT2D eigenvalue weighted by Crippen LogP contribution is 2.16. The number of hydrogen-bond acceptors (Lipinski definition) is 3. The van der Waals surface area contributed by atoms with E-state index in [4.69, 9.17) is 4.74 Å². The lowest BCUT2D eigenvalue weighted by atomic mass is 10.3. The predicted octanol–water partition coefficient (Wildman–Crippen LogP) is 0.0454. The molecule has 1 heterocycles.